The minimum atomic E-state index is -5.08. The molecule has 2 aromatic carbocycles. The minimum absolute atomic E-state index is 0.115. The van der Waals surface area contributed by atoms with Gasteiger partial charge in [-0.05, 0) is 62.2 Å². The zero-order valence-corrected chi connectivity index (χ0v) is 18.6. The molecule has 0 aliphatic heterocycles. The first-order valence-electron chi connectivity index (χ1n) is 9.95. The Bertz CT molecular complexity index is 1020. The summed E-state index contributed by atoms with van der Waals surface area (Å²) in [5.74, 6) is -3.73. The third kappa shape index (κ3) is 11.0. The molecule has 0 aromatic heterocycles. The first kappa shape index (κ1) is 28.9. The number of aliphatic carboxylic acids is 1. The predicted octanol–water partition coefficient (Wildman–Crippen LogP) is 2.81. The van der Waals surface area contributed by atoms with Gasteiger partial charge in [0.2, 0.25) is 5.91 Å². The second kappa shape index (κ2) is 12.9. The van der Waals surface area contributed by atoms with Crippen molar-refractivity contribution in [2.45, 2.75) is 38.6 Å². The van der Waals surface area contributed by atoms with Crippen molar-refractivity contribution in [3.63, 3.8) is 0 Å². The number of benzene rings is 2. The van der Waals surface area contributed by atoms with Crippen molar-refractivity contribution in [3.05, 3.63) is 59.7 Å². The Balaban J connectivity index is 0.000000762. The summed E-state index contributed by atoms with van der Waals surface area (Å²) >= 11 is 0. The molecular weight excluding hydrogens is 475 g/mol. The number of nitrogens with two attached hydrogens (primary N) is 1. The number of alkyl halides is 3. The monoisotopic (exact) mass is 499 g/mol. The number of urea groups is 1. The average Bonchev–Trinajstić information content (AvgIpc) is 2.75. The number of imide groups is 1. The number of carbonyl (C=O) groups is 4. The van der Waals surface area contributed by atoms with Gasteiger partial charge in [0, 0.05) is 5.69 Å². The van der Waals surface area contributed by atoms with Crippen molar-refractivity contribution in [2.75, 3.05) is 5.32 Å². The quantitative estimate of drug-likeness (QED) is 0.378. The van der Waals surface area contributed by atoms with Gasteiger partial charge in [0.1, 0.15) is 5.75 Å². The summed E-state index contributed by atoms with van der Waals surface area (Å²) in [6.45, 7) is 3.50. The maximum atomic E-state index is 12.1. The molecule has 1 atom stereocenters. The van der Waals surface area contributed by atoms with E-state index < -0.39 is 36.1 Å². The number of halogens is 3. The molecule has 0 saturated heterocycles. The second-order valence-corrected chi connectivity index (χ2v) is 7.25. The van der Waals surface area contributed by atoms with Gasteiger partial charge in [-0.2, -0.15) is 13.2 Å². The number of anilines is 1. The number of ether oxygens (including phenoxy) is 1. The molecule has 0 aliphatic rings. The fraction of sp³-hybridized carbons (Fsp3) is 0.273. The molecule has 0 heterocycles. The molecule has 190 valence electrons. The number of carboxylic acid groups (broad SMARTS) is 1. The summed E-state index contributed by atoms with van der Waals surface area (Å²) in [4.78, 5) is 44.7. The lowest BCUT2D eigenvalue weighted by Crippen LogP contribution is -2.46. The van der Waals surface area contributed by atoms with Crippen LogP contribution in [-0.4, -0.2) is 52.4 Å². The van der Waals surface area contributed by atoms with Crippen molar-refractivity contribution in [3.8, 4) is 5.75 Å². The van der Waals surface area contributed by atoms with Crippen LogP contribution in [0.1, 0.15) is 29.8 Å². The van der Waals surface area contributed by atoms with E-state index in [-0.39, 0.29) is 18.3 Å². The van der Waals surface area contributed by atoms with Gasteiger partial charge >= 0.3 is 24.1 Å². The van der Waals surface area contributed by atoms with Crippen LogP contribution < -0.4 is 16.4 Å². The normalized spacial score (nSPS) is 11.5. The third-order valence-corrected chi connectivity index (χ3v) is 3.93. The summed E-state index contributed by atoms with van der Waals surface area (Å²) in [7, 11) is 0. The van der Waals surface area contributed by atoms with Crippen LogP contribution in [0.4, 0.5) is 23.7 Å². The van der Waals surface area contributed by atoms with Crippen LogP contribution in [0.3, 0.4) is 0 Å². The number of aromatic hydroxyl groups is 1. The van der Waals surface area contributed by atoms with Crippen LogP contribution >= 0.6 is 0 Å². The summed E-state index contributed by atoms with van der Waals surface area (Å²) in [6, 6.07) is 10.7. The SMILES string of the molecule is CC(C)OC(=O)c1ccc(NC(=O)NC(=O)[C@@H](N)Cc2ccc(O)cc2)cc1.O=C(O)C(F)(F)F. The van der Waals surface area contributed by atoms with Gasteiger partial charge in [0.25, 0.3) is 0 Å². The topological polar surface area (TPSA) is 168 Å². The molecule has 0 aliphatic carbocycles. The molecule has 0 fully saturated rings. The van der Waals surface area contributed by atoms with Crippen molar-refractivity contribution < 1.29 is 47.3 Å². The van der Waals surface area contributed by atoms with E-state index in [2.05, 4.69) is 10.6 Å². The molecule has 6 N–H and O–H groups in total. The molecule has 0 spiro atoms. The molecule has 3 amide bonds. The zero-order chi connectivity index (χ0) is 26.8. The van der Waals surface area contributed by atoms with E-state index >= 15 is 0 Å². The number of phenolic OH excluding ortho intramolecular Hbond substituents is 1. The van der Waals surface area contributed by atoms with E-state index in [4.69, 9.17) is 20.4 Å². The van der Waals surface area contributed by atoms with Gasteiger partial charge in [0.15, 0.2) is 0 Å². The number of nitrogens with one attached hydrogen (secondary N) is 2. The fourth-order valence-corrected chi connectivity index (χ4v) is 2.32. The van der Waals surface area contributed by atoms with E-state index in [9.17, 15) is 32.7 Å². The van der Waals surface area contributed by atoms with Crippen LogP contribution in [0.2, 0.25) is 0 Å². The van der Waals surface area contributed by atoms with Gasteiger partial charge in [-0.15, -0.1) is 0 Å². The predicted molar refractivity (Wildman–Crippen MR) is 118 cm³/mol. The van der Waals surface area contributed by atoms with Crippen LogP contribution in [0.25, 0.3) is 0 Å². The number of hydrogen-bond acceptors (Lipinski definition) is 7. The lowest BCUT2D eigenvalue weighted by molar-refractivity contribution is -0.192. The molecule has 2 aromatic rings. The van der Waals surface area contributed by atoms with Crippen molar-refractivity contribution >= 4 is 29.6 Å². The average molecular weight is 499 g/mol. The number of phenols is 1. The van der Waals surface area contributed by atoms with E-state index in [0.717, 1.165) is 5.56 Å². The highest BCUT2D eigenvalue weighted by Crippen LogP contribution is 2.14. The largest absolute Gasteiger partial charge is 0.508 e. The number of carboxylic acids is 1. The smallest absolute Gasteiger partial charge is 0.490 e. The first-order valence-corrected chi connectivity index (χ1v) is 9.95. The van der Waals surface area contributed by atoms with Crippen molar-refractivity contribution in [1.29, 1.82) is 0 Å². The Labute approximate surface area is 197 Å². The van der Waals surface area contributed by atoms with Gasteiger partial charge in [-0.25, -0.2) is 14.4 Å². The standard InChI is InChI=1S/C20H23N3O5.C2HF3O2/c1-12(2)28-19(26)14-5-7-15(8-6-14)22-20(27)23-18(25)17(21)11-13-3-9-16(24)10-4-13;3-2(4,5)1(6)7/h3-10,12,17,24H,11,21H2,1-2H3,(H2,22,23,25,27);(H,6,7)/t17-;/m0./s1. The summed E-state index contributed by atoms with van der Waals surface area (Å²) in [5, 5.41) is 21.0. The third-order valence-electron chi connectivity index (χ3n) is 3.93. The van der Waals surface area contributed by atoms with Crippen LogP contribution in [0, 0.1) is 0 Å². The minimum Gasteiger partial charge on any atom is -0.508 e. The molecule has 10 nitrogen and oxygen atoms in total. The van der Waals surface area contributed by atoms with Crippen LogP contribution in [-0.2, 0) is 20.7 Å². The Morgan fingerprint density at radius 3 is 1.97 bits per heavy atom. The maximum absolute atomic E-state index is 12.1. The van der Waals surface area contributed by atoms with Crippen molar-refractivity contribution in [1.82, 2.24) is 5.32 Å². The molecule has 13 heteroatoms. The van der Waals surface area contributed by atoms with Gasteiger partial charge in [-0.3, -0.25) is 10.1 Å². The molecular formula is C22H24F3N3O7. The van der Waals surface area contributed by atoms with Crippen LogP contribution in [0.5, 0.6) is 5.75 Å². The maximum Gasteiger partial charge on any atom is 0.490 e. The number of amides is 3. The molecule has 0 bridgehead atoms. The van der Waals surface area contributed by atoms with Gasteiger partial charge < -0.3 is 26.0 Å². The fourth-order valence-electron chi connectivity index (χ4n) is 2.32. The summed E-state index contributed by atoms with van der Waals surface area (Å²) in [6.07, 6.45) is -5.10. The van der Waals surface area contributed by atoms with Gasteiger partial charge in [-0.1, -0.05) is 12.1 Å². The second-order valence-electron chi connectivity index (χ2n) is 7.25. The van der Waals surface area contributed by atoms with E-state index in [1.165, 1.54) is 36.4 Å². The first-order chi connectivity index (χ1) is 16.2. The molecule has 35 heavy (non-hydrogen) atoms. The number of esters is 1. The lowest BCUT2D eigenvalue weighted by Gasteiger charge is -2.13. The van der Waals surface area contributed by atoms with E-state index in [1.807, 2.05) is 0 Å². The Morgan fingerprint density at radius 1 is 1.00 bits per heavy atom. The number of rotatable bonds is 6. The van der Waals surface area contributed by atoms with Gasteiger partial charge in [0.05, 0.1) is 17.7 Å². The summed E-state index contributed by atoms with van der Waals surface area (Å²) < 4.78 is 36.8. The number of hydrogen-bond donors (Lipinski definition) is 5. The Hall–Kier alpha value is -4.13. The Morgan fingerprint density at radius 2 is 1.51 bits per heavy atom. The molecule has 0 saturated carbocycles. The molecule has 0 radical (unpaired) electrons. The van der Waals surface area contributed by atoms with Crippen molar-refractivity contribution in [2.24, 2.45) is 5.73 Å². The highest BCUT2D eigenvalue weighted by molar-refractivity contribution is 6.03. The van der Waals surface area contributed by atoms with Crippen LogP contribution in [0.15, 0.2) is 48.5 Å². The zero-order valence-electron chi connectivity index (χ0n) is 18.6. The highest BCUT2D eigenvalue weighted by atomic mass is 19.4. The molecule has 2 rings (SSSR count). The molecule has 0 unspecified atom stereocenters. The van der Waals surface area contributed by atoms with E-state index in [0.29, 0.717) is 11.3 Å². The lowest BCUT2D eigenvalue weighted by atomic mass is 10.1. The van der Waals surface area contributed by atoms with E-state index in [1.54, 1.807) is 26.0 Å². The Kier molecular flexibility index (Phi) is 10.7. The highest BCUT2D eigenvalue weighted by Gasteiger charge is 2.38. The summed E-state index contributed by atoms with van der Waals surface area (Å²) in [5.41, 5.74) is 7.33. The number of carbonyl (C=O) groups excluding carboxylic acids is 3.